The molecule has 1 N–H and O–H groups in total. The number of benzene rings is 1. The van der Waals surface area contributed by atoms with Gasteiger partial charge in [-0.1, -0.05) is 37.2 Å². The predicted octanol–water partition coefficient (Wildman–Crippen LogP) is 3.48. The number of fused-ring (bicyclic) bond motifs is 2. The van der Waals surface area contributed by atoms with Crippen LogP contribution < -0.4 is 5.32 Å². The van der Waals surface area contributed by atoms with Gasteiger partial charge in [0.05, 0.1) is 11.1 Å². The normalized spacial score (nSPS) is 14.8. The minimum Gasteiger partial charge on any atom is -0.449 e. The molecule has 1 unspecified atom stereocenters. The van der Waals surface area contributed by atoms with Gasteiger partial charge in [-0.25, -0.2) is 4.79 Å². The van der Waals surface area contributed by atoms with E-state index in [4.69, 9.17) is 14.2 Å². The minimum absolute atomic E-state index is 0.294. The van der Waals surface area contributed by atoms with E-state index in [-0.39, 0.29) is 0 Å². The number of aryl methyl sites for hydroxylation is 1. The third kappa shape index (κ3) is 4.29. The van der Waals surface area contributed by atoms with Gasteiger partial charge in [0.1, 0.15) is 5.76 Å². The minimum atomic E-state index is -0.946. The van der Waals surface area contributed by atoms with E-state index in [1.807, 2.05) is 24.3 Å². The fourth-order valence-corrected chi connectivity index (χ4v) is 3.89. The summed E-state index contributed by atoms with van der Waals surface area (Å²) in [6.45, 7) is 8.05. The fourth-order valence-electron chi connectivity index (χ4n) is 3.89. The maximum absolute atomic E-state index is 13.4. The van der Waals surface area contributed by atoms with Crippen LogP contribution in [0.1, 0.15) is 47.6 Å². The first kappa shape index (κ1) is 21.0. The van der Waals surface area contributed by atoms with Crippen molar-refractivity contribution >= 4 is 28.6 Å². The molecule has 3 heterocycles. The quantitative estimate of drug-likeness (QED) is 0.607. The van der Waals surface area contributed by atoms with E-state index in [9.17, 15) is 9.59 Å². The Morgan fingerprint density at radius 1 is 1.29 bits per heavy atom. The summed E-state index contributed by atoms with van der Waals surface area (Å²) in [6, 6.07) is 9.17. The van der Waals surface area contributed by atoms with Crippen molar-refractivity contribution in [2.75, 3.05) is 18.4 Å². The number of anilines is 1. The Labute approximate surface area is 180 Å². The van der Waals surface area contributed by atoms with Crippen molar-refractivity contribution in [3.05, 3.63) is 52.9 Å². The molecule has 1 aliphatic heterocycles. The van der Waals surface area contributed by atoms with Crippen molar-refractivity contribution in [3.8, 4) is 0 Å². The molecule has 1 atom stereocenters. The molecule has 0 saturated heterocycles. The molecule has 0 saturated carbocycles. The lowest BCUT2D eigenvalue weighted by atomic mass is 9.95. The SMILES string of the molecule is CCC(OC(=O)c1c2c(nc3ccccc13)CCN(CC)C2)C(=O)Nc1cc(C)on1. The highest BCUT2D eigenvalue weighted by Crippen LogP contribution is 2.29. The van der Waals surface area contributed by atoms with Gasteiger partial charge in [-0.05, 0) is 26.0 Å². The molecule has 31 heavy (non-hydrogen) atoms. The molecule has 8 nitrogen and oxygen atoms in total. The van der Waals surface area contributed by atoms with Crippen molar-refractivity contribution in [3.63, 3.8) is 0 Å². The van der Waals surface area contributed by atoms with Gasteiger partial charge in [-0.3, -0.25) is 14.7 Å². The summed E-state index contributed by atoms with van der Waals surface area (Å²) in [6.07, 6.45) is 0.163. The summed E-state index contributed by atoms with van der Waals surface area (Å²) in [5.74, 6) is -0.0734. The summed E-state index contributed by atoms with van der Waals surface area (Å²) in [4.78, 5) is 33.1. The van der Waals surface area contributed by atoms with Crippen LogP contribution in [0, 0.1) is 6.92 Å². The van der Waals surface area contributed by atoms with E-state index in [0.717, 1.165) is 41.7 Å². The molecule has 0 fully saturated rings. The first-order valence-corrected chi connectivity index (χ1v) is 10.6. The second-order valence-corrected chi connectivity index (χ2v) is 7.66. The Morgan fingerprint density at radius 3 is 2.81 bits per heavy atom. The Morgan fingerprint density at radius 2 is 2.10 bits per heavy atom. The molecular weight excluding hydrogens is 396 g/mol. The van der Waals surface area contributed by atoms with Gasteiger partial charge in [0.2, 0.25) is 0 Å². The number of carbonyl (C=O) groups is 2. The average molecular weight is 422 g/mol. The van der Waals surface area contributed by atoms with Crippen molar-refractivity contribution in [1.82, 2.24) is 15.0 Å². The Balaban J connectivity index is 1.65. The van der Waals surface area contributed by atoms with Crippen LogP contribution in [-0.4, -0.2) is 46.1 Å². The summed E-state index contributed by atoms with van der Waals surface area (Å²) in [5.41, 5.74) is 3.07. The van der Waals surface area contributed by atoms with Crippen molar-refractivity contribution in [2.24, 2.45) is 0 Å². The smallest absolute Gasteiger partial charge is 0.340 e. The monoisotopic (exact) mass is 422 g/mol. The third-order valence-corrected chi connectivity index (χ3v) is 5.57. The van der Waals surface area contributed by atoms with Crippen molar-refractivity contribution in [2.45, 2.75) is 46.3 Å². The number of pyridine rings is 1. The molecule has 162 valence electrons. The number of amides is 1. The Hall–Kier alpha value is -3.26. The van der Waals surface area contributed by atoms with E-state index >= 15 is 0 Å². The Bertz CT molecular complexity index is 1120. The maximum atomic E-state index is 13.4. The molecule has 2 aromatic heterocycles. The van der Waals surface area contributed by atoms with Crippen LogP contribution in [-0.2, 0) is 22.5 Å². The van der Waals surface area contributed by atoms with Crippen LogP contribution in [0.2, 0.25) is 0 Å². The largest absolute Gasteiger partial charge is 0.449 e. The summed E-state index contributed by atoms with van der Waals surface area (Å²) >= 11 is 0. The predicted molar refractivity (Wildman–Crippen MR) is 116 cm³/mol. The molecule has 0 radical (unpaired) electrons. The number of rotatable bonds is 6. The molecule has 3 aromatic rings. The molecule has 8 heteroatoms. The van der Waals surface area contributed by atoms with Gasteiger partial charge >= 0.3 is 5.97 Å². The molecule has 1 amide bonds. The number of carbonyl (C=O) groups excluding carboxylic acids is 2. The molecule has 1 aromatic carbocycles. The summed E-state index contributed by atoms with van der Waals surface area (Å²) in [5, 5.41) is 7.15. The van der Waals surface area contributed by atoms with Crippen LogP contribution in [0.4, 0.5) is 5.82 Å². The van der Waals surface area contributed by atoms with Gasteiger partial charge in [-0.15, -0.1) is 0 Å². The molecule has 0 spiro atoms. The number of nitrogens with one attached hydrogen (secondary N) is 1. The van der Waals surface area contributed by atoms with Gasteiger partial charge in [0.15, 0.2) is 11.9 Å². The van der Waals surface area contributed by atoms with E-state index in [1.165, 1.54) is 0 Å². The van der Waals surface area contributed by atoms with E-state index in [1.54, 1.807) is 19.9 Å². The highest BCUT2D eigenvalue weighted by atomic mass is 16.5. The van der Waals surface area contributed by atoms with Crippen LogP contribution in [0.25, 0.3) is 10.9 Å². The number of aromatic nitrogens is 2. The lowest BCUT2D eigenvalue weighted by Gasteiger charge is -2.29. The molecule has 0 bridgehead atoms. The van der Waals surface area contributed by atoms with Crippen molar-refractivity contribution < 1.29 is 18.8 Å². The first-order valence-electron chi connectivity index (χ1n) is 10.6. The molecular formula is C23H26N4O4. The Kier molecular flexibility index (Phi) is 5.99. The zero-order chi connectivity index (χ0) is 22.0. The number of hydrogen-bond donors (Lipinski definition) is 1. The molecule has 4 rings (SSSR count). The third-order valence-electron chi connectivity index (χ3n) is 5.57. The van der Waals surface area contributed by atoms with E-state index < -0.39 is 18.0 Å². The fraction of sp³-hybridized carbons (Fsp3) is 0.391. The number of esters is 1. The second kappa shape index (κ2) is 8.85. The number of para-hydroxylation sites is 1. The lowest BCUT2D eigenvalue weighted by Crippen LogP contribution is -2.35. The van der Waals surface area contributed by atoms with Crippen LogP contribution in [0.5, 0.6) is 0 Å². The van der Waals surface area contributed by atoms with E-state index in [2.05, 4.69) is 22.3 Å². The maximum Gasteiger partial charge on any atom is 0.340 e. The first-order chi connectivity index (χ1) is 15.0. The second-order valence-electron chi connectivity index (χ2n) is 7.66. The lowest BCUT2D eigenvalue weighted by molar-refractivity contribution is -0.124. The zero-order valence-corrected chi connectivity index (χ0v) is 18.0. The van der Waals surface area contributed by atoms with Gasteiger partial charge in [-0.2, -0.15) is 0 Å². The topological polar surface area (TPSA) is 97.6 Å². The zero-order valence-electron chi connectivity index (χ0n) is 18.0. The van der Waals surface area contributed by atoms with Gasteiger partial charge < -0.3 is 14.6 Å². The number of likely N-dealkylation sites (N-methyl/N-ethyl adjacent to an activating group) is 1. The number of hydrogen-bond acceptors (Lipinski definition) is 7. The van der Waals surface area contributed by atoms with Gasteiger partial charge in [0.25, 0.3) is 5.91 Å². The van der Waals surface area contributed by atoms with Gasteiger partial charge in [0, 0.05) is 42.2 Å². The highest BCUT2D eigenvalue weighted by molar-refractivity contribution is 6.06. The number of ether oxygens (including phenoxy) is 1. The summed E-state index contributed by atoms with van der Waals surface area (Å²) < 4.78 is 10.7. The van der Waals surface area contributed by atoms with Crippen LogP contribution in [0.15, 0.2) is 34.9 Å². The molecule has 0 aliphatic carbocycles. The van der Waals surface area contributed by atoms with Crippen LogP contribution >= 0.6 is 0 Å². The highest BCUT2D eigenvalue weighted by Gasteiger charge is 2.29. The van der Waals surface area contributed by atoms with Crippen LogP contribution in [0.3, 0.4) is 0 Å². The average Bonchev–Trinajstić information content (AvgIpc) is 3.19. The van der Waals surface area contributed by atoms with E-state index in [0.29, 0.717) is 30.1 Å². The standard InChI is InChI=1S/C23H26N4O4/c1-4-19(22(28)25-20-12-14(3)31-26-20)30-23(29)21-15-8-6-7-9-17(15)24-18-10-11-27(5-2)13-16(18)21/h6-9,12,19H,4-5,10-11,13H2,1-3H3,(H,25,26,28). The molecule has 1 aliphatic rings. The number of nitrogens with zero attached hydrogens (tertiary/aromatic N) is 3. The van der Waals surface area contributed by atoms with Crippen molar-refractivity contribution in [1.29, 1.82) is 0 Å². The summed E-state index contributed by atoms with van der Waals surface area (Å²) in [7, 11) is 0.